The molecule has 1 heterocycles. The van der Waals surface area contributed by atoms with Crippen LogP contribution >= 0.6 is 0 Å². The molecule has 0 bridgehead atoms. The number of benzene rings is 1. The minimum absolute atomic E-state index is 0.146. The van der Waals surface area contributed by atoms with Gasteiger partial charge in [-0.05, 0) is 37.0 Å². The topological polar surface area (TPSA) is 66.8 Å². The monoisotopic (exact) mass is 305 g/mol. The SMILES string of the molecule is CCCc1ccc(OCCC(=O)N2CCCC2C(=O)O)cc1. The molecule has 1 fully saturated rings. The van der Waals surface area contributed by atoms with Crippen LogP contribution in [0.4, 0.5) is 0 Å². The summed E-state index contributed by atoms with van der Waals surface area (Å²) in [5.74, 6) is -0.324. The Bertz CT molecular complexity index is 512. The second-order valence-corrected chi connectivity index (χ2v) is 5.58. The number of ether oxygens (including phenoxy) is 1. The summed E-state index contributed by atoms with van der Waals surface area (Å²) in [6.07, 6.45) is 3.66. The molecule has 0 spiro atoms. The van der Waals surface area contributed by atoms with Crippen molar-refractivity contribution in [3.8, 4) is 5.75 Å². The Morgan fingerprint density at radius 3 is 2.68 bits per heavy atom. The first-order valence-corrected chi connectivity index (χ1v) is 7.86. The Labute approximate surface area is 130 Å². The standard InChI is InChI=1S/C17H23NO4/c1-2-4-13-6-8-14(9-7-13)22-12-10-16(19)18-11-3-5-15(18)17(20)21/h6-9,15H,2-5,10-12H2,1H3,(H,20,21). The number of carboxylic acid groups (broad SMARTS) is 1. The average Bonchev–Trinajstić information content (AvgIpc) is 2.99. The Balaban J connectivity index is 1.78. The lowest BCUT2D eigenvalue weighted by atomic mass is 10.1. The number of carbonyl (C=O) groups excluding carboxylic acids is 1. The molecule has 22 heavy (non-hydrogen) atoms. The van der Waals surface area contributed by atoms with Gasteiger partial charge >= 0.3 is 5.97 Å². The largest absolute Gasteiger partial charge is 0.493 e. The maximum absolute atomic E-state index is 12.1. The van der Waals surface area contributed by atoms with E-state index in [-0.39, 0.29) is 18.9 Å². The third kappa shape index (κ3) is 4.23. The first kappa shape index (κ1) is 16.3. The third-order valence-electron chi connectivity index (χ3n) is 3.90. The molecule has 1 saturated heterocycles. The minimum Gasteiger partial charge on any atom is -0.493 e. The quantitative estimate of drug-likeness (QED) is 0.840. The van der Waals surface area contributed by atoms with E-state index in [0.29, 0.717) is 13.0 Å². The maximum atomic E-state index is 12.1. The minimum atomic E-state index is -0.918. The van der Waals surface area contributed by atoms with Crippen LogP contribution in [0.15, 0.2) is 24.3 Å². The molecule has 1 atom stereocenters. The average molecular weight is 305 g/mol. The summed E-state index contributed by atoms with van der Waals surface area (Å²) in [6, 6.07) is 7.21. The molecule has 1 amide bonds. The van der Waals surface area contributed by atoms with Gasteiger partial charge in [-0.1, -0.05) is 25.5 Å². The molecule has 1 N–H and O–H groups in total. The van der Waals surface area contributed by atoms with Crippen molar-refractivity contribution in [1.29, 1.82) is 0 Å². The van der Waals surface area contributed by atoms with Gasteiger partial charge in [0.25, 0.3) is 0 Å². The third-order valence-corrected chi connectivity index (χ3v) is 3.90. The Kier molecular flexibility index (Phi) is 5.81. The molecule has 5 heteroatoms. The van der Waals surface area contributed by atoms with E-state index in [4.69, 9.17) is 9.84 Å². The Morgan fingerprint density at radius 2 is 2.05 bits per heavy atom. The van der Waals surface area contributed by atoms with Gasteiger partial charge in [-0.3, -0.25) is 4.79 Å². The number of aliphatic carboxylic acids is 1. The van der Waals surface area contributed by atoms with Crippen LogP contribution in [0.1, 0.15) is 38.2 Å². The van der Waals surface area contributed by atoms with Crippen LogP contribution in [-0.2, 0) is 16.0 Å². The van der Waals surface area contributed by atoms with Crippen molar-refractivity contribution in [3.05, 3.63) is 29.8 Å². The number of likely N-dealkylation sites (tertiary alicyclic amines) is 1. The van der Waals surface area contributed by atoms with E-state index in [0.717, 1.165) is 25.0 Å². The first-order chi connectivity index (χ1) is 10.6. The molecule has 1 aliphatic heterocycles. The summed E-state index contributed by atoms with van der Waals surface area (Å²) in [5, 5.41) is 9.08. The van der Waals surface area contributed by atoms with Crippen molar-refractivity contribution in [3.63, 3.8) is 0 Å². The summed E-state index contributed by atoms with van der Waals surface area (Å²) in [5.41, 5.74) is 1.27. The number of carbonyl (C=O) groups is 2. The second-order valence-electron chi connectivity index (χ2n) is 5.58. The Hall–Kier alpha value is -2.04. The molecule has 2 rings (SSSR count). The summed E-state index contributed by atoms with van der Waals surface area (Å²) in [6.45, 7) is 2.94. The van der Waals surface area contributed by atoms with Crippen molar-refractivity contribution in [2.45, 2.75) is 45.1 Å². The van der Waals surface area contributed by atoms with E-state index >= 15 is 0 Å². The molecule has 0 aromatic heterocycles. The van der Waals surface area contributed by atoms with Gasteiger partial charge in [-0.15, -0.1) is 0 Å². The van der Waals surface area contributed by atoms with E-state index in [1.54, 1.807) is 0 Å². The highest BCUT2D eigenvalue weighted by Gasteiger charge is 2.33. The van der Waals surface area contributed by atoms with Crippen molar-refractivity contribution in [1.82, 2.24) is 4.90 Å². The molecule has 1 unspecified atom stereocenters. The molecule has 120 valence electrons. The van der Waals surface area contributed by atoms with E-state index < -0.39 is 12.0 Å². The summed E-state index contributed by atoms with van der Waals surface area (Å²) >= 11 is 0. The number of amides is 1. The van der Waals surface area contributed by atoms with Crippen LogP contribution in [0.25, 0.3) is 0 Å². The van der Waals surface area contributed by atoms with Crippen LogP contribution < -0.4 is 4.74 Å². The number of carboxylic acids is 1. The fraction of sp³-hybridized carbons (Fsp3) is 0.529. The predicted octanol–water partition coefficient (Wildman–Crippen LogP) is 2.48. The van der Waals surface area contributed by atoms with Gasteiger partial charge in [0.2, 0.25) is 5.91 Å². The lowest BCUT2D eigenvalue weighted by Gasteiger charge is -2.21. The lowest BCUT2D eigenvalue weighted by Crippen LogP contribution is -2.40. The number of hydrogen-bond acceptors (Lipinski definition) is 3. The zero-order valence-corrected chi connectivity index (χ0v) is 13.0. The zero-order valence-electron chi connectivity index (χ0n) is 13.0. The molecule has 5 nitrogen and oxygen atoms in total. The molecular weight excluding hydrogens is 282 g/mol. The molecule has 1 aromatic rings. The normalized spacial score (nSPS) is 17.5. The molecule has 0 aliphatic carbocycles. The van der Waals surface area contributed by atoms with Crippen LogP contribution in [0, 0.1) is 0 Å². The van der Waals surface area contributed by atoms with Crippen LogP contribution in [0.3, 0.4) is 0 Å². The van der Waals surface area contributed by atoms with Crippen LogP contribution in [-0.4, -0.2) is 41.1 Å². The smallest absolute Gasteiger partial charge is 0.326 e. The number of hydrogen-bond donors (Lipinski definition) is 1. The lowest BCUT2D eigenvalue weighted by molar-refractivity contribution is -0.148. The summed E-state index contributed by atoms with van der Waals surface area (Å²) in [7, 11) is 0. The van der Waals surface area contributed by atoms with Gasteiger partial charge in [0, 0.05) is 6.54 Å². The van der Waals surface area contributed by atoms with E-state index in [2.05, 4.69) is 6.92 Å². The molecule has 1 aliphatic rings. The second kappa shape index (κ2) is 7.82. The first-order valence-electron chi connectivity index (χ1n) is 7.86. The van der Waals surface area contributed by atoms with Gasteiger partial charge in [0.1, 0.15) is 11.8 Å². The molecule has 1 aromatic carbocycles. The zero-order chi connectivity index (χ0) is 15.9. The maximum Gasteiger partial charge on any atom is 0.326 e. The molecular formula is C17H23NO4. The van der Waals surface area contributed by atoms with Gasteiger partial charge in [0.05, 0.1) is 13.0 Å². The Morgan fingerprint density at radius 1 is 1.32 bits per heavy atom. The fourth-order valence-corrected chi connectivity index (χ4v) is 2.76. The summed E-state index contributed by atoms with van der Waals surface area (Å²) < 4.78 is 5.57. The molecule has 0 saturated carbocycles. The van der Waals surface area contributed by atoms with E-state index in [1.807, 2.05) is 24.3 Å². The highest BCUT2D eigenvalue weighted by molar-refractivity contribution is 5.84. The highest BCUT2D eigenvalue weighted by Crippen LogP contribution is 2.19. The van der Waals surface area contributed by atoms with Gasteiger partial charge in [0.15, 0.2) is 0 Å². The van der Waals surface area contributed by atoms with Gasteiger partial charge in [-0.25, -0.2) is 4.79 Å². The van der Waals surface area contributed by atoms with E-state index in [1.165, 1.54) is 10.5 Å². The van der Waals surface area contributed by atoms with Crippen LogP contribution in [0.5, 0.6) is 5.75 Å². The van der Waals surface area contributed by atoms with Crippen molar-refractivity contribution in [2.75, 3.05) is 13.2 Å². The van der Waals surface area contributed by atoms with Crippen molar-refractivity contribution >= 4 is 11.9 Å². The van der Waals surface area contributed by atoms with Crippen molar-refractivity contribution in [2.24, 2.45) is 0 Å². The van der Waals surface area contributed by atoms with Crippen molar-refractivity contribution < 1.29 is 19.4 Å². The molecule has 0 radical (unpaired) electrons. The predicted molar refractivity (Wildman–Crippen MR) is 82.9 cm³/mol. The summed E-state index contributed by atoms with van der Waals surface area (Å²) in [4.78, 5) is 24.6. The van der Waals surface area contributed by atoms with Gasteiger partial charge < -0.3 is 14.7 Å². The van der Waals surface area contributed by atoms with Crippen LogP contribution in [0.2, 0.25) is 0 Å². The fourth-order valence-electron chi connectivity index (χ4n) is 2.76. The number of rotatable bonds is 7. The van der Waals surface area contributed by atoms with E-state index in [9.17, 15) is 9.59 Å². The number of aryl methyl sites for hydroxylation is 1. The number of nitrogens with zero attached hydrogens (tertiary/aromatic N) is 1. The van der Waals surface area contributed by atoms with Gasteiger partial charge in [-0.2, -0.15) is 0 Å². The highest BCUT2D eigenvalue weighted by atomic mass is 16.5.